The zero-order valence-electron chi connectivity index (χ0n) is 13.5. The van der Waals surface area contributed by atoms with Crippen molar-refractivity contribution in [2.75, 3.05) is 26.7 Å². The van der Waals surface area contributed by atoms with Gasteiger partial charge in [-0.05, 0) is 57.4 Å². The van der Waals surface area contributed by atoms with Gasteiger partial charge < -0.3 is 9.80 Å². The molecule has 1 saturated heterocycles. The average molecular weight is 327 g/mol. The van der Waals surface area contributed by atoms with Gasteiger partial charge in [-0.1, -0.05) is 11.6 Å². The number of rotatable bonds is 4. The van der Waals surface area contributed by atoms with E-state index < -0.39 is 5.82 Å². The van der Waals surface area contributed by atoms with Crippen LogP contribution in [0.2, 0.25) is 5.02 Å². The van der Waals surface area contributed by atoms with Crippen molar-refractivity contribution in [3.63, 3.8) is 0 Å². The van der Waals surface area contributed by atoms with Crippen LogP contribution in [0.4, 0.5) is 4.39 Å². The van der Waals surface area contributed by atoms with E-state index in [1.54, 1.807) is 11.9 Å². The van der Waals surface area contributed by atoms with E-state index in [4.69, 9.17) is 11.6 Å². The summed E-state index contributed by atoms with van der Waals surface area (Å²) in [6.45, 7) is 7.23. The highest BCUT2D eigenvalue weighted by Crippen LogP contribution is 2.21. The van der Waals surface area contributed by atoms with Crippen molar-refractivity contribution in [1.29, 1.82) is 0 Å². The van der Waals surface area contributed by atoms with Crippen LogP contribution in [0, 0.1) is 11.7 Å². The molecule has 1 unspecified atom stereocenters. The second-order valence-corrected chi connectivity index (χ2v) is 6.88. The molecule has 0 spiro atoms. The number of carbonyl (C=O) groups is 1. The minimum atomic E-state index is -0.479. The van der Waals surface area contributed by atoms with E-state index in [-0.39, 0.29) is 10.9 Å². The molecule has 2 rings (SSSR count). The number of carbonyl (C=O) groups excluding carboxylic acids is 1. The van der Waals surface area contributed by atoms with Crippen molar-refractivity contribution in [2.45, 2.75) is 32.7 Å². The number of hydrogen-bond donors (Lipinski definition) is 0. The molecule has 1 atom stereocenters. The summed E-state index contributed by atoms with van der Waals surface area (Å²) >= 11 is 5.83. The number of nitrogens with zero attached hydrogens (tertiary/aromatic N) is 2. The Morgan fingerprint density at radius 3 is 2.82 bits per heavy atom. The van der Waals surface area contributed by atoms with Crippen LogP contribution in [0.5, 0.6) is 0 Å². The summed E-state index contributed by atoms with van der Waals surface area (Å²) < 4.78 is 13.4. The van der Waals surface area contributed by atoms with E-state index in [2.05, 4.69) is 18.7 Å². The molecule has 0 aliphatic carbocycles. The smallest absolute Gasteiger partial charge is 0.253 e. The van der Waals surface area contributed by atoms with E-state index in [1.165, 1.54) is 18.2 Å². The van der Waals surface area contributed by atoms with E-state index in [0.717, 1.165) is 25.9 Å². The fourth-order valence-corrected chi connectivity index (χ4v) is 3.30. The molecule has 22 heavy (non-hydrogen) atoms. The molecular weight excluding hydrogens is 303 g/mol. The lowest BCUT2D eigenvalue weighted by Gasteiger charge is -2.37. The maximum atomic E-state index is 13.4. The molecule has 0 aromatic heterocycles. The lowest BCUT2D eigenvalue weighted by Crippen LogP contribution is -2.44. The maximum Gasteiger partial charge on any atom is 0.253 e. The van der Waals surface area contributed by atoms with Gasteiger partial charge in [-0.15, -0.1) is 0 Å². The van der Waals surface area contributed by atoms with Crippen LogP contribution in [0.25, 0.3) is 0 Å². The molecule has 1 aromatic rings. The maximum absolute atomic E-state index is 13.4. The first kappa shape index (κ1) is 17.2. The first-order valence-electron chi connectivity index (χ1n) is 7.82. The Balaban J connectivity index is 1.99. The second kappa shape index (κ2) is 7.42. The minimum Gasteiger partial charge on any atom is -0.341 e. The van der Waals surface area contributed by atoms with E-state index in [9.17, 15) is 9.18 Å². The van der Waals surface area contributed by atoms with Crippen LogP contribution in [0.1, 0.15) is 37.0 Å². The van der Waals surface area contributed by atoms with Gasteiger partial charge >= 0.3 is 0 Å². The first-order chi connectivity index (χ1) is 10.4. The third kappa shape index (κ3) is 4.43. The van der Waals surface area contributed by atoms with Gasteiger partial charge in [0, 0.05) is 36.8 Å². The second-order valence-electron chi connectivity index (χ2n) is 6.44. The molecule has 1 amide bonds. The Hall–Kier alpha value is -1.13. The quantitative estimate of drug-likeness (QED) is 0.843. The molecular formula is C17H24ClFN2O. The van der Waals surface area contributed by atoms with Gasteiger partial charge in [0.05, 0.1) is 0 Å². The van der Waals surface area contributed by atoms with Gasteiger partial charge in [0.2, 0.25) is 0 Å². The predicted molar refractivity (Wildman–Crippen MR) is 87.8 cm³/mol. The Labute approximate surface area is 137 Å². The van der Waals surface area contributed by atoms with Crippen LogP contribution in [-0.2, 0) is 0 Å². The molecule has 0 N–H and O–H groups in total. The summed E-state index contributed by atoms with van der Waals surface area (Å²) in [5, 5.41) is 0.250. The van der Waals surface area contributed by atoms with E-state index in [1.807, 2.05) is 0 Å². The Morgan fingerprint density at radius 1 is 1.45 bits per heavy atom. The summed E-state index contributed by atoms with van der Waals surface area (Å²) in [6, 6.07) is 4.50. The molecule has 5 heteroatoms. The monoisotopic (exact) mass is 326 g/mol. The molecule has 0 radical (unpaired) electrons. The Kier molecular flexibility index (Phi) is 5.81. The van der Waals surface area contributed by atoms with Gasteiger partial charge in [0.1, 0.15) is 5.82 Å². The lowest BCUT2D eigenvalue weighted by atomic mass is 9.96. The molecule has 1 aliphatic heterocycles. The van der Waals surface area contributed by atoms with Crippen molar-refractivity contribution in [3.05, 3.63) is 34.6 Å². The fraction of sp³-hybridized carbons (Fsp3) is 0.588. The van der Waals surface area contributed by atoms with Gasteiger partial charge in [0.15, 0.2) is 0 Å². The van der Waals surface area contributed by atoms with Crippen molar-refractivity contribution >= 4 is 17.5 Å². The highest BCUT2D eigenvalue weighted by Gasteiger charge is 2.24. The van der Waals surface area contributed by atoms with Gasteiger partial charge in [0.25, 0.3) is 5.91 Å². The largest absolute Gasteiger partial charge is 0.341 e. The minimum absolute atomic E-state index is 0.178. The highest BCUT2D eigenvalue weighted by atomic mass is 35.5. The third-order valence-electron chi connectivity index (χ3n) is 4.27. The van der Waals surface area contributed by atoms with Crippen molar-refractivity contribution in [2.24, 2.45) is 5.92 Å². The topological polar surface area (TPSA) is 23.6 Å². The summed E-state index contributed by atoms with van der Waals surface area (Å²) in [5.41, 5.74) is 0.309. The standard InChI is InChI=1S/C17H24ClFN2O/c1-12(2)21-6-4-5-13(11-21)10-20(3)17(22)14-7-15(18)9-16(19)8-14/h7-9,12-13H,4-6,10-11H2,1-3H3. The number of benzene rings is 1. The lowest BCUT2D eigenvalue weighted by molar-refractivity contribution is 0.0708. The number of piperidine rings is 1. The molecule has 1 aliphatic rings. The molecule has 1 fully saturated rings. The van der Waals surface area contributed by atoms with Crippen LogP contribution < -0.4 is 0 Å². The zero-order chi connectivity index (χ0) is 16.3. The molecule has 0 bridgehead atoms. The van der Waals surface area contributed by atoms with Crippen LogP contribution in [-0.4, -0.2) is 48.4 Å². The van der Waals surface area contributed by atoms with Crippen LogP contribution in [0.15, 0.2) is 18.2 Å². The Bertz CT molecular complexity index is 515. The fourth-order valence-electron chi connectivity index (χ4n) is 3.08. The highest BCUT2D eigenvalue weighted by molar-refractivity contribution is 6.31. The summed E-state index contributed by atoms with van der Waals surface area (Å²) in [5.74, 6) is -0.190. The average Bonchev–Trinajstić information content (AvgIpc) is 2.45. The number of amides is 1. The van der Waals surface area contributed by atoms with Crippen molar-refractivity contribution in [3.8, 4) is 0 Å². The third-order valence-corrected chi connectivity index (χ3v) is 4.49. The van der Waals surface area contributed by atoms with Crippen molar-refractivity contribution < 1.29 is 9.18 Å². The van der Waals surface area contributed by atoms with Crippen LogP contribution >= 0.6 is 11.6 Å². The zero-order valence-corrected chi connectivity index (χ0v) is 14.2. The number of halogens is 2. The Morgan fingerprint density at radius 2 is 2.18 bits per heavy atom. The van der Waals surface area contributed by atoms with Crippen LogP contribution in [0.3, 0.4) is 0 Å². The molecule has 1 aromatic carbocycles. The number of hydrogen-bond acceptors (Lipinski definition) is 2. The summed E-state index contributed by atoms with van der Waals surface area (Å²) in [7, 11) is 1.77. The molecule has 3 nitrogen and oxygen atoms in total. The predicted octanol–water partition coefficient (Wildman–Crippen LogP) is 3.67. The SMILES string of the molecule is CC(C)N1CCCC(CN(C)C(=O)c2cc(F)cc(Cl)c2)C1. The molecule has 1 heterocycles. The van der Waals surface area contributed by atoms with Crippen molar-refractivity contribution in [1.82, 2.24) is 9.80 Å². The van der Waals surface area contributed by atoms with Gasteiger partial charge in [-0.25, -0.2) is 4.39 Å². The van der Waals surface area contributed by atoms with Gasteiger partial charge in [-0.2, -0.15) is 0 Å². The summed E-state index contributed by atoms with van der Waals surface area (Å²) in [4.78, 5) is 16.6. The first-order valence-corrected chi connectivity index (χ1v) is 8.20. The summed E-state index contributed by atoms with van der Waals surface area (Å²) in [6.07, 6.45) is 2.29. The van der Waals surface area contributed by atoms with Gasteiger partial charge in [-0.3, -0.25) is 4.79 Å². The normalized spacial score (nSPS) is 19.5. The molecule has 122 valence electrons. The van der Waals surface area contributed by atoms with E-state index in [0.29, 0.717) is 24.1 Å². The van der Waals surface area contributed by atoms with E-state index >= 15 is 0 Å². The molecule has 0 saturated carbocycles. The number of likely N-dealkylation sites (tertiary alicyclic amines) is 1.